The van der Waals surface area contributed by atoms with E-state index in [2.05, 4.69) is 24.3 Å². The van der Waals surface area contributed by atoms with Gasteiger partial charge in [-0.05, 0) is 43.2 Å². The molecule has 0 saturated carbocycles. The molecule has 0 fully saturated rings. The second-order valence-corrected chi connectivity index (χ2v) is 4.03. The number of ether oxygens (including phenoxy) is 1. The molecule has 1 N–H and O–H groups in total. The quantitative estimate of drug-likeness (QED) is 0.887. The molecule has 0 heterocycles. The first-order valence-electron chi connectivity index (χ1n) is 7.01. The number of hydrogen-bond donors (Lipinski definition) is 1. The maximum absolute atomic E-state index is 7.57. The third kappa shape index (κ3) is 5.65. The Labute approximate surface area is 112 Å². The van der Waals surface area contributed by atoms with Crippen molar-refractivity contribution in [2.75, 3.05) is 20.3 Å². The summed E-state index contributed by atoms with van der Waals surface area (Å²) in [4.78, 5) is 0. The van der Waals surface area contributed by atoms with Gasteiger partial charge in [0.2, 0.25) is 0 Å². The van der Waals surface area contributed by atoms with Crippen LogP contribution in [0.3, 0.4) is 0 Å². The number of aliphatic hydroxyl groups excluding tert-OH is 1. The number of aryl methyl sites for hydroxylation is 1. The molecule has 104 valence electrons. The molecule has 2 nitrogen and oxygen atoms in total. The van der Waals surface area contributed by atoms with Crippen molar-refractivity contribution in [1.29, 1.82) is 0 Å². The lowest BCUT2D eigenvalue weighted by molar-refractivity contribution is 0.187. The number of aliphatic hydroxyl groups is 1. The number of hydrogen-bond acceptors (Lipinski definition) is 2. The molecule has 0 bridgehead atoms. The van der Waals surface area contributed by atoms with Crippen molar-refractivity contribution >= 4 is 0 Å². The van der Waals surface area contributed by atoms with Crippen LogP contribution in [0, 0.1) is 0 Å². The molecule has 18 heavy (non-hydrogen) atoms. The third-order valence-corrected chi connectivity index (χ3v) is 2.93. The van der Waals surface area contributed by atoms with E-state index in [1.807, 2.05) is 13.8 Å². The first-order valence-corrected chi connectivity index (χ1v) is 7.01. The summed E-state index contributed by atoms with van der Waals surface area (Å²) in [5.74, 6) is 0.746. The van der Waals surface area contributed by atoms with Gasteiger partial charge in [0.15, 0.2) is 0 Å². The summed E-state index contributed by atoms with van der Waals surface area (Å²) < 4.78 is 5.12. The molecule has 1 aromatic rings. The van der Waals surface area contributed by atoms with E-state index in [9.17, 15) is 0 Å². The van der Waals surface area contributed by atoms with Gasteiger partial charge in [-0.15, -0.1) is 0 Å². The van der Waals surface area contributed by atoms with E-state index in [4.69, 9.17) is 9.84 Å². The van der Waals surface area contributed by atoms with E-state index in [-0.39, 0.29) is 6.61 Å². The second kappa shape index (κ2) is 11.2. The summed E-state index contributed by atoms with van der Waals surface area (Å²) in [6, 6.07) is 8.80. The number of rotatable bonds is 3. The Bertz CT molecular complexity index is 297. The summed E-state index contributed by atoms with van der Waals surface area (Å²) >= 11 is 0. The predicted octanol–water partition coefficient (Wildman–Crippen LogP) is 3.78. The van der Waals surface area contributed by atoms with Crippen molar-refractivity contribution in [2.45, 2.75) is 46.0 Å². The zero-order valence-corrected chi connectivity index (χ0v) is 12.3. The minimum absolute atomic E-state index is 0.250. The molecule has 1 atom stereocenters. The van der Waals surface area contributed by atoms with Crippen molar-refractivity contribution in [3.63, 3.8) is 0 Å². The molecule has 0 radical (unpaired) electrons. The van der Waals surface area contributed by atoms with Crippen LogP contribution in [0.25, 0.3) is 0 Å². The number of fused-ring (bicyclic) bond motifs is 1. The smallest absolute Gasteiger partial charge is 0.0468 e. The maximum atomic E-state index is 7.57. The first-order chi connectivity index (χ1) is 8.83. The van der Waals surface area contributed by atoms with Gasteiger partial charge < -0.3 is 9.84 Å². The maximum Gasteiger partial charge on any atom is 0.0468 e. The van der Waals surface area contributed by atoms with E-state index in [0.717, 1.165) is 12.5 Å². The van der Waals surface area contributed by atoms with Crippen LogP contribution in [0.5, 0.6) is 0 Å². The molecule has 1 aliphatic rings. The summed E-state index contributed by atoms with van der Waals surface area (Å²) in [5.41, 5.74) is 3.10. The van der Waals surface area contributed by atoms with Crippen molar-refractivity contribution in [3.8, 4) is 0 Å². The Kier molecular flexibility index (Phi) is 10.7. The molecule has 1 aromatic carbocycles. The molecule has 2 rings (SSSR count). The van der Waals surface area contributed by atoms with E-state index in [1.165, 1.54) is 19.3 Å². The van der Waals surface area contributed by atoms with Gasteiger partial charge >= 0.3 is 0 Å². The van der Waals surface area contributed by atoms with Crippen LogP contribution in [-0.2, 0) is 11.2 Å². The highest BCUT2D eigenvalue weighted by molar-refractivity contribution is 5.34. The average molecular weight is 252 g/mol. The summed E-state index contributed by atoms with van der Waals surface area (Å²) in [6.07, 6.45) is 3.74. The third-order valence-electron chi connectivity index (χ3n) is 2.93. The van der Waals surface area contributed by atoms with Gasteiger partial charge in [-0.2, -0.15) is 0 Å². The van der Waals surface area contributed by atoms with Gasteiger partial charge in [0.25, 0.3) is 0 Å². The predicted molar refractivity (Wildman–Crippen MR) is 78.1 cm³/mol. The Morgan fingerprint density at radius 1 is 1.28 bits per heavy atom. The van der Waals surface area contributed by atoms with E-state index < -0.39 is 0 Å². The van der Waals surface area contributed by atoms with E-state index in [0.29, 0.717) is 0 Å². The highest BCUT2D eigenvalue weighted by Crippen LogP contribution is 2.34. The van der Waals surface area contributed by atoms with Gasteiger partial charge in [-0.25, -0.2) is 0 Å². The fourth-order valence-corrected chi connectivity index (χ4v) is 2.21. The molecule has 1 unspecified atom stereocenters. The van der Waals surface area contributed by atoms with Crippen LogP contribution in [0.15, 0.2) is 24.3 Å². The van der Waals surface area contributed by atoms with Crippen molar-refractivity contribution in [1.82, 2.24) is 0 Å². The fraction of sp³-hybridized carbons (Fsp3) is 0.625. The van der Waals surface area contributed by atoms with Crippen LogP contribution in [0.4, 0.5) is 0 Å². The minimum Gasteiger partial charge on any atom is -0.397 e. The Morgan fingerprint density at radius 2 is 1.89 bits per heavy atom. The molecule has 0 spiro atoms. The molecule has 0 saturated heterocycles. The lowest BCUT2D eigenvalue weighted by atomic mass is 9.98. The standard InChI is InChI=1S/C12H16O.C2H6O.C2H6/c1-13-9-8-11-7-6-10-4-2-3-5-12(10)11;1-2-3;1-2/h2-5,11H,6-9H2,1H3;3H,2H2,1H3;1-2H3. The van der Waals surface area contributed by atoms with Crippen LogP contribution in [0.2, 0.25) is 0 Å². The van der Waals surface area contributed by atoms with Crippen molar-refractivity contribution in [3.05, 3.63) is 35.4 Å². The van der Waals surface area contributed by atoms with Crippen LogP contribution >= 0.6 is 0 Å². The Hall–Kier alpha value is -0.860. The van der Waals surface area contributed by atoms with E-state index in [1.54, 1.807) is 25.2 Å². The van der Waals surface area contributed by atoms with Gasteiger partial charge in [0.1, 0.15) is 0 Å². The SMILES string of the molecule is CC.CCO.COCCC1CCc2ccccc21. The van der Waals surface area contributed by atoms with Gasteiger partial charge in [0, 0.05) is 20.3 Å². The highest BCUT2D eigenvalue weighted by Gasteiger charge is 2.20. The monoisotopic (exact) mass is 252 g/mol. The van der Waals surface area contributed by atoms with Crippen molar-refractivity contribution in [2.24, 2.45) is 0 Å². The Morgan fingerprint density at radius 3 is 2.50 bits per heavy atom. The number of benzene rings is 1. The molecule has 0 aromatic heterocycles. The molecule has 1 aliphatic carbocycles. The first kappa shape index (κ1) is 17.1. The normalized spacial score (nSPS) is 15.9. The number of methoxy groups -OCH3 is 1. The second-order valence-electron chi connectivity index (χ2n) is 4.03. The summed E-state index contributed by atoms with van der Waals surface area (Å²) in [5, 5.41) is 7.57. The summed E-state index contributed by atoms with van der Waals surface area (Å²) in [6.45, 7) is 6.82. The minimum atomic E-state index is 0.250. The largest absolute Gasteiger partial charge is 0.397 e. The zero-order valence-electron chi connectivity index (χ0n) is 12.3. The molecule has 0 aliphatic heterocycles. The van der Waals surface area contributed by atoms with Gasteiger partial charge in [-0.1, -0.05) is 38.1 Å². The highest BCUT2D eigenvalue weighted by atomic mass is 16.5. The topological polar surface area (TPSA) is 29.5 Å². The summed E-state index contributed by atoms with van der Waals surface area (Å²) in [7, 11) is 1.78. The lowest BCUT2D eigenvalue weighted by Crippen LogP contribution is -1.98. The molecule has 0 amide bonds. The fourth-order valence-electron chi connectivity index (χ4n) is 2.21. The zero-order chi connectivity index (χ0) is 13.8. The molecular formula is C16H28O2. The van der Waals surface area contributed by atoms with Gasteiger partial charge in [0.05, 0.1) is 0 Å². The van der Waals surface area contributed by atoms with Crippen molar-refractivity contribution < 1.29 is 9.84 Å². The molecular weight excluding hydrogens is 224 g/mol. The van der Waals surface area contributed by atoms with Crippen LogP contribution in [0.1, 0.15) is 50.7 Å². The lowest BCUT2D eigenvalue weighted by Gasteiger charge is -2.09. The average Bonchev–Trinajstić information content (AvgIpc) is 2.83. The van der Waals surface area contributed by atoms with Crippen LogP contribution in [-0.4, -0.2) is 25.4 Å². The van der Waals surface area contributed by atoms with E-state index >= 15 is 0 Å². The van der Waals surface area contributed by atoms with Gasteiger partial charge in [-0.3, -0.25) is 0 Å². The Balaban J connectivity index is 0.000000509. The van der Waals surface area contributed by atoms with Crippen LogP contribution < -0.4 is 0 Å². The molecule has 2 heteroatoms.